The van der Waals surface area contributed by atoms with Crippen LogP contribution in [0.15, 0.2) is 48.5 Å². The van der Waals surface area contributed by atoms with Gasteiger partial charge < -0.3 is 10.1 Å². The van der Waals surface area contributed by atoms with Crippen LogP contribution >= 0.6 is 0 Å². The summed E-state index contributed by atoms with van der Waals surface area (Å²) in [6.45, 7) is 4.84. The van der Waals surface area contributed by atoms with E-state index in [1.54, 1.807) is 0 Å². The van der Waals surface area contributed by atoms with Gasteiger partial charge in [0.1, 0.15) is 5.75 Å². The third-order valence-corrected chi connectivity index (χ3v) is 3.47. The summed E-state index contributed by atoms with van der Waals surface area (Å²) in [5.41, 5.74) is 3.87. The van der Waals surface area contributed by atoms with Gasteiger partial charge in [-0.25, -0.2) is 0 Å². The van der Waals surface area contributed by atoms with Crippen LogP contribution in [0.25, 0.3) is 0 Å². The maximum Gasteiger partial charge on any atom is 0.124 e. The first kappa shape index (κ1) is 14.6. The molecule has 2 nitrogen and oxygen atoms in total. The Bertz CT molecular complexity index is 551. The van der Waals surface area contributed by atoms with Gasteiger partial charge in [0.15, 0.2) is 0 Å². The molecule has 0 aromatic heterocycles. The van der Waals surface area contributed by atoms with Gasteiger partial charge in [-0.1, -0.05) is 48.0 Å². The maximum atomic E-state index is 5.74. The fourth-order valence-corrected chi connectivity index (χ4v) is 2.50. The minimum Gasteiger partial charge on any atom is -0.494 e. The second kappa shape index (κ2) is 7.11. The van der Waals surface area contributed by atoms with Crippen molar-refractivity contribution in [3.8, 4) is 5.75 Å². The van der Waals surface area contributed by atoms with Crippen molar-refractivity contribution < 1.29 is 4.74 Å². The lowest BCUT2D eigenvalue weighted by atomic mass is 9.97. The number of hydrogen-bond acceptors (Lipinski definition) is 2. The van der Waals surface area contributed by atoms with E-state index in [1.807, 2.05) is 26.1 Å². The predicted molar refractivity (Wildman–Crippen MR) is 84.3 cm³/mol. The monoisotopic (exact) mass is 269 g/mol. The zero-order chi connectivity index (χ0) is 14.4. The lowest BCUT2D eigenvalue weighted by Gasteiger charge is -2.20. The Morgan fingerprint density at radius 2 is 1.90 bits per heavy atom. The number of benzene rings is 2. The largest absolute Gasteiger partial charge is 0.494 e. The van der Waals surface area contributed by atoms with E-state index in [9.17, 15) is 0 Å². The molecule has 1 atom stereocenters. The van der Waals surface area contributed by atoms with Gasteiger partial charge in [-0.15, -0.1) is 0 Å². The van der Waals surface area contributed by atoms with Crippen LogP contribution in [0.3, 0.4) is 0 Å². The maximum absolute atomic E-state index is 5.74. The van der Waals surface area contributed by atoms with Gasteiger partial charge in [0, 0.05) is 11.6 Å². The van der Waals surface area contributed by atoms with E-state index in [0.29, 0.717) is 6.61 Å². The highest BCUT2D eigenvalue weighted by molar-refractivity contribution is 5.37. The van der Waals surface area contributed by atoms with Crippen LogP contribution in [-0.2, 0) is 6.42 Å². The Labute approximate surface area is 121 Å². The van der Waals surface area contributed by atoms with Crippen molar-refractivity contribution >= 4 is 0 Å². The van der Waals surface area contributed by atoms with Gasteiger partial charge in [-0.3, -0.25) is 0 Å². The second-order valence-corrected chi connectivity index (χ2v) is 5.01. The normalized spacial score (nSPS) is 12.2. The van der Waals surface area contributed by atoms with E-state index in [0.717, 1.165) is 12.2 Å². The molecule has 1 N–H and O–H groups in total. The first-order chi connectivity index (χ1) is 9.74. The van der Waals surface area contributed by atoms with Crippen LogP contribution in [0.2, 0.25) is 0 Å². The number of aryl methyl sites for hydroxylation is 1. The smallest absolute Gasteiger partial charge is 0.124 e. The quantitative estimate of drug-likeness (QED) is 0.859. The van der Waals surface area contributed by atoms with Crippen LogP contribution in [0, 0.1) is 6.92 Å². The molecule has 0 saturated carbocycles. The third kappa shape index (κ3) is 3.61. The van der Waals surface area contributed by atoms with Crippen molar-refractivity contribution in [1.82, 2.24) is 5.32 Å². The second-order valence-electron chi connectivity index (χ2n) is 5.01. The average Bonchev–Trinajstić information content (AvgIpc) is 2.46. The summed E-state index contributed by atoms with van der Waals surface area (Å²) in [6.07, 6.45) is 0.961. The van der Waals surface area contributed by atoms with Crippen molar-refractivity contribution in [2.45, 2.75) is 26.3 Å². The highest BCUT2D eigenvalue weighted by Gasteiger charge is 2.14. The summed E-state index contributed by atoms with van der Waals surface area (Å²) >= 11 is 0. The molecule has 0 bridgehead atoms. The van der Waals surface area contributed by atoms with Crippen LogP contribution in [0.5, 0.6) is 5.75 Å². The molecule has 0 fully saturated rings. The molecule has 0 radical (unpaired) electrons. The Hall–Kier alpha value is -1.80. The molecule has 0 aliphatic rings. The number of nitrogens with one attached hydrogen (secondary N) is 1. The average molecular weight is 269 g/mol. The van der Waals surface area contributed by atoms with E-state index in [2.05, 4.69) is 48.6 Å². The standard InChI is InChI=1S/C18H23NO/c1-4-20-18-11-6-5-10-16(18)17(19-3)13-15-9-7-8-14(2)12-15/h5-12,17,19H,4,13H2,1-3H3. The molecule has 0 saturated heterocycles. The molecule has 2 rings (SSSR count). The molecule has 1 unspecified atom stereocenters. The molecule has 2 heteroatoms. The van der Waals surface area contributed by atoms with E-state index in [1.165, 1.54) is 16.7 Å². The first-order valence-corrected chi connectivity index (χ1v) is 7.19. The summed E-state index contributed by atoms with van der Waals surface area (Å²) in [5.74, 6) is 0.974. The molecule has 2 aromatic carbocycles. The number of hydrogen-bond donors (Lipinski definition) is 1. The van der Waals surface area contributed by atoms with Crippen LogP contribution in [0.1, 0.15) is 29.7 Å². The zero-order valence-electron chi connectivity index (χ0n) is 12.5. The Morgan fingerprint density at radius 1 is 1.10 bits per heavy atom. The van der Waals surface area contributed by atoms with Crippen molar-refractivity contribution in [1.29, 1.82) is 0 Å². The fourth-order valence-electron chi connectivity index (χ4n) is 2.50. The van der Waals surface area contributed by atoms with Crippen molar-refractivity contribution in [3.63, 3.8) is 0 Å². The number of likely N-dealkylation sites (N-methyl/N-ethyl adjacent to an activating group) is 1. The molecule has 0 aliphatic carbocycles. The van der Waals surface area contributed by atoms with Crippen LogP contribution in [0.4, 0.5) is 0 Å². The minimum absolute atomic E-state index is 0.263. The summed E-state index contributed by atoms with van der Waals surface area (Å²) < 4.78 is 5.74. The van der Waals surface area contributed by atoms with Gasteiger partial charge in [-0.2, -0.15) is 0 Å². The molecule has 0 heterocycles. The highest BCUT2D eigenvalue weighted by Crippen LogP contribution is 2.27. The summed E-state index contributed by atoms with van der Waals surface area (Å²) in [7, 11) is 2.00. The Kier molecular flexibility index (Phi) is 5.19. The Balaban J connectivity index is 2.24. The molecular weight excluding hydrogens is 246 g/mol. The Morgan fingerprint density at radius 3 is 2.60 bits per heavy atom. The van der Waals surface area contributed by atoms with Crippen LogP contribution in [-0.4, -0.2) is 13.7 Å². The molecule has 2 aromatic rings. The van der Waals surface area contributed by atoms with E-state index >= 15 is 0 Å². The number of rotatable bonds is 6. The highest BCUT2D eigenvalue weighted by atomic mass is 16.5. The third-order valence-electron chi connectivity index (χ3n) is 3.47. The molecule has 0 aliphatic heterocycles. The number of ether oxygens (including phenoxy) is 1. The summed E-state index contributed by atoms with van der Waals surface area (Å²) in [4.78, 5) is 0. The molecule has 0 amide bonds. The van der Waals surface area contributed by atoms with Gasteiger partial charge in [0.2, 0.25) is 0 Å². The van der Waals surface area contributed by atoms with Gasteiger partial charge >= 0.3 is 0 Å². The van der Waals surface area contributed by atoms with E-state index in [-0.39, 0.29) is 6.04 Å². The zero-order valence-corrected chi connectivity index (χ0v) is 12.5. The van der Waals surface area contributed by atoms with Crippen LogP contribution < -0.4 is 10.1 Å². The topological polar surface area (TPSA) is 21.3 Å². The number of para-hydroxylation sites is 1. The van der Waals surface area contributed by atoms with Crippen molar-refractivity contribution in [3.05, 3.63) is 65.2 Å². The molecule has 0 spiro atoms. The molecular formula is C18H23NO. The van der Waals surface area contributed by atoms with E-state index < -0.39 is 0 Å². The molecule has 106 valence electrons. The molecule has 20 heavy (non-hydrogen) atoms. The van der Waals surface area contributed by atoms with E-state index in [4.69, 9.17) is 4.74 Å². The van der Waals surface area contributed by atoms with Gasteiger partial charge in [0.05, 0.1) is 6.61 Å². The predicted octanol–water partition coefficient (Wildman–Crippen LogP) is 3.90. The minimum atomic E-state index is 0.263. The summed E-state index contributed by atoms with van der Waals surface area (Å²) in [5, 5.41) is 3.41. The van der Waals surface area contributed by atoms with Crippen molar-refractivity contribution in [2.24, 2.45) is 0 Å². The first-order valence-electron chi connectivity index (χ1n) is 7.19. The SMILES string of the molecule is CCOc1ccccc1C(Cc1cccc(C)c1)NC. The fraction of sp³-hybridized carbons (Fsp3) is 0.333. The van der Waals surface area contributed by atoms with Crippen molar-refractivity contribution in [2.75, 3.05) is 13.7 Å². The lowest BCUT2D eigenvalue weighted by Crippen LogP contribution is -2.19. The summed E-state index contributed by atoms with van der Waals surface area (Å²) in [6, 6.07) is 17.2. The van der Waals surface area contributed by atoms with Gasteiger partial charge in [0.25, 0.3) is 0 Å². The van der Waals surface area contributed by atoms with Gasteiger partial charge in [-0.05, 0) is 38.9 Å². The lowest BCUT2D eigenvalue weighted by molar-refractivity contribution is 0.332.